The molecule has 6 heteroatoms. The maximum Gasteiger partial charge on any atom is 0.411 e. The van der Waals surface area contributed by atoms with Crippen molar-refractivity contribution in [3.63, 3.8) is 0 Å². The third-order valence-corrected chi connectivity index (χ3v) is 4.21. The minimum absolute atomic E-state index is 0.368. The predicted molar refractivity (Wildman–Crippen MR) is 108 cm³/mol. The van der Waals surface area contributed by atoms with Crippen LogP contribution >= 0.6 is 15.9 Å². The Morgan fingerprint density at radius 2 is 2.19 bits per heavy atom. The number of halogens is 1. The zero-order valence-electron chi connectivity index (χ0n) is 15.8. The fourth-order valence-electron chi connectivity index (χ4n) is 2.70. The number of rotatable bonds is 6. The molecule has 1 aromatic heterocycles. The van der Waals surface area contributed by atoms with Crippen LogP contribution in [-0.2, 0) is 4.74 Å². The molecule has 0 aliphatic heterocycles. The number of imidazole rings is 1. The van der Waals surface area contributed by atoms with E-state index in [-0.39, 0.29) is 12.1 Å². The highest BCUT2D eigenvalue weighted by molar-refractivity contribution is 9.10. The second-order valence-corrected chi connectivity index (χ2v) is 7.94. The van der Waals surface area contributed by atoms with Crippen LogP contribution in [0.3, 0.4) is 0 Å². The van der Waals surface area contributed by atoms with E-state index in [0.29, 0.717) is 6.54 Å². The van der Waals surface area contributed by atoms with Crippen molar-refractivity contribution in [1.29, 1.82) is 0 Å². The molecule has 0 aliphatic rings. The predicted octanol–water partition coefficient (Wildman–Crippen LogP) is 5.71. The number of aromatic amines is 1. The number of carbonyl (C=O) groups is 1. The molecule has 2 rings (SSSR count). The Hall–Kier alpha value is -2.08. The first kappa shape index (κ1) is 20.2. The van der Waals surface area contributed by atoms with Gasteiger partial charge in [0.2, 0.25) is 0 Å². The lowest BCUT2D eigenvalue weighted by Gasteiger charge is -2.31. The van der Waals surface area contributed by atoms with Crippen LogP contribution in [0.4, 0.5) is 4.79 Å². The van der Waals surface area contributed by atoms with E-state index in [2.05, 4.69) is 32.5 Å². The summed E-state index contributed by atoms with van der Waals surface area (Å²) < 4.78 is 6.57. The number of nitrogens with one attached hydrogen (secondary N) is 1. The van der Waals surface area contributed by atoms with Gasteiger partial charge in [-0.15, -0.1) is 6.58 Å². The lowest BCUT2D eigenvalue weighted by Crippen LogP contribution is -2.39. The standard InChI is InChI=1S/C20H26BrN3O2/c1-6-11-24(19(25)26-20(3,4)5)16(7-2)18-17(22-13-23-18)14-9-8-10-15(21)12-14/h7-10,12-13,16H,2,6,11H2,1,3-5H3,(H,22,23)/t16-/m0/s1. The van der Waals surface area contributed by atoms with Crippen molar-refractivity contribution in [2.24, 2.45) is 0 Å². The second-order valence-electron chi connectivity index (χ2n) is 7.03. The zero-order valence-corrected chi connectivity index (χ0v) is 17.3. The first-order valence-electron chi connectivity index (χ1n) is 8.68. The van der Waals surface area contributed by atoms with E-state index in [1.54, 1.807) is 17.3 Å². The van der Waals surface area contributed by atoms with E-state index < -0.39 is 5.60 Å². The van der Waals surface area contributed by atoms with Crippen LogP contribution in [0.5, 0.6) is 0 Å². The summed E-state index contributed by atoms with van der Waals surface area (Å²) in [5.74, 6) is 0. The lowest BCUT2D eigenvalue weighted by molar-refractivity contribution is 0.0194. The highest BCUT2D eigenvalue weighted by atomic mass is 79.9. The largest absolute Gasteiger partial charge is 0.444 e. The Morgan fingerprint density at radius 1 is 1.46 bits per heavy atom. The molecule has 0 fully saturated rings. The van der Waals surface area contributed by atoms with Crippen molar-refractivity contribution in [3.05, 3.63) is 53.4 Å². The van der Waals surface area contributed by atoms with Crippen molar-refractivity contribution >= 4 is 22.0 Å². The van der Waals surface area contributed by atoms with Gasteiger partial charge >= 0.3 is 6.09 Å². The van der Waals surface area contributed by atoms with Crippen molar-refractivity contribution in [2.75, 3.05) is 6.54 Å². The third kappa shape index (κ3) is 4.97. The summed E-state index contributed by atoms with van der Waals surface area (Å²) in [6.45, 7) is 12.1. The summed E-state index contributed by atoms with van der Waals surface area (Å²) >= 11 is 3.50. The van der Waals surface area contributed by atoms with Gasteiger partial charge in [0.25, 0.3) is 0 Å². The maximum atomic E-state index is 12.8. The molecular weight excluding hydrogens is 394 g/mol. The van der Waals surface area contributed by atoms with Crippen LogP contribution in [0, 0.1) is 0 Å². The van der Waals surface area contributed by atoms with Crippen molar-refractivity contribution in [1.82, 2.24) is 14.9 Å². The third-order valence-electron chi connectivity index (χ3n) is 3.71. The molecule has 0 saturated heterocycles. The number of hydrogen-bond acceptors (Lipinski definition) is 3. The number of H-pyrrole nitrogens is 1. The van der Waals surface area contributed by atoms with Gasteiger partial charge in [0, 0.05) is 16.6 Å². The van der Waals surface area contributed by atoms with Crippen molar-refractivity contribution in [3.8, 4) is 11.3 Å². The van der Waals surface area contributed by atoms with E-state index in [1.165, 1.54) is 0 Å². The summed E-state index contributed by atoms with van der Waals surface area (Å²) in [5.41, 5.74) is 2.03. The highest BCUT2D eigenvalue weighted by Gasteiger charge is 2.30. The van der Waals surface area contributed by atoms with E-state index in [0.717, 1.165) is 27.8 Å². The van der Waals surface area contributed by atoms with E-state index >= 15 is 0 Å². The molecule has 0 saturated carbocycles. The van der Waals surface area contributed by atoms with Crippen molar-refractivity contribution < 1.29 is 9.53 Å². The van der Waals surface area contributed by atoms with Crippen LogP contribution in [-0.4, -0.2) is 33.1 Å². The minimum atomic E-state index is -0.562. The fraction of sp³-hybridized carbons (Fsp3) is 0.400. The molecule has 1 N–H and O–H groups in total. The molecular formula is C20H26BrN3O2. The topological polar surface area (TPSA) is 58.2 Å². The SMILES string of the molecule is C=C[C@@H](c1nc[nH]c1-c1cccc(Br)c1)N(CCC)C(=O)OC(C)(C)C. The molecule has 1 atom stereocenters. The molecule has 5 nitrogen and oxygen atoms in total. The highest BCUT2D eigenvalue weighted by Crippen LogP contribution is 2.31. The number of nitrogens with zero attached hydrogens (tertiary/aromatic N) is 2. The van der Waals surface area contributed by atoms with E-state index in [1.807, 2.05) is 52.0 Å². The summed E-state index contributed by atoms with van der Waals surface area (Å²) in [5, 5.41) is 0. The van der Waals surface area contributed by atoms with Crippen LogP contribution < -0.4 is 0 Å². The first-order chi connectivity index (χ1) is 12.3. The quantitative estimate of drug-likeness (QED) is 0.609. The Kier molecular flexibility index (Phi) is 6.64. The molecule has 1 amide bonds. The van der Waals surface area contributed by atoms with Crippen molar-refractivity contribution in [2.45, 2.75) is 45.8 Å². The van der Waals surface area contributed by atoms with Gasteiger partial charge in [0.05, 0.1) is 23.8 Å². The molecule has 2 aromatic rings. The normalized spacial score (nSPS) is 12.5. The number of hydrogen-bond donors (Lipinski definition) is 1. The molecule has 26 heavy (non-hydrogen) atoms. The lowest BCUT2D eigenvalue weighted by atomic mass is 10.0. The van der Waals surface area contributed by atoms with Gasteiger partial charge in [0.15, 0.2) is 0 Å². The van der Waals surface area contributed by atoms with Gasteiger partial charge in [-0.3, -0.25) is 4.90 Å². The number of carbonyl (C=O) groups excluding carboxylic acids is 1. The molecule has 0 radical (unpaired) electrons. The molecule has 0 spiro atoms. The summed E-state index contributed by atoms with van der Waals surface area (Å²) in [6, 6.07) is 7.55. The smallest absolute Gasteiger partial charge is 0.411 e. The average molecular weight is 420 g/mol. The molecule has 1 heterocycles. The number of amides is 1. The molecule has 0 unspecified atom stereocenters. The Bertz CT molecular complexity index is 764. The Morgan fingerprint density at radius 3 is 2.77 bits per heavy atom. The average Bonchev–Trinajstić information content (AvgIpc) is 3.02. The summed E-state index contributed by atoms with van der Waals surface area (Å²) in [6.07, 6.45) is 3.81. The van der Waals surface area contributed by atoms with Gasteiger partial charge in [-0.1, -0.05) is 41.1 Å². The van der Waals surface area contributed by atoms with Crippen LogP contribution in [0.15, 0.2) is 47.7 Å². The summed E-state index contributed by atoms with van der Waals surface area (Å²) in [7, 11) is 0. The zero-order chi connectivity index (χ0) is 19.3. The Balaban J connectivity index is 2.41. The van der Waals surface area contributed by atoms with Crippen LogP contribution in [0.25, 0.3) is 11.3 Å². The minimum Gasteiger partial charge on any atom is -0.444 e. The molecule has 0 aliphatic carbocycles. The van der Waals surface area contributed by atoms with E-state index in [9.17, 15) is 4.79 Å². The molecule has 140 valence electrons. The van der Waals surface area contributed by atoms with Crippen LogP contribution in [0.2, 0.25) is 0 Å². The number of benzene rings is 1. The number of ether oxygens (including phenoxy) is 1. The maximum absolute atomic E-state index is 12.8. The van der Waals surface area contributed by atoms with Gasteiger partial charge in [0.1, 0.15) is 5.60 Å². The van der Waals surface area contributed by atoms with Gasteiger partial charge < -0.3 is 9.72 Å². The second kappa shape index (κ2) is 8.54. The van der Waals surface area contributed by atoms with Gasteiger partial charge in [-0.05, 0) is 39.3 Å². The Labute approximate surface area is 163 Å². The monoisotopic (exact) mass is 419 g/mol. The first-order valence-corrected chi connectivity index (χ1v) is 9.47. The summed E-state index contributed by atoms with van der Waals surface area (Å²) in [4.78, 5) is 22.1. The van der Waals surface area contributed by atoms with Crippen LogP contribution in [0.1, 0.15) is 45.9 Å². The van der Waals surface area contributed by atoms with Gasteiger partial charge in [-0.2, -0.15) is 0 Å². The fourth-order valence-corrected chi connectivity index (χ4v) is 3.10. The van der Waals surface area contributed by atoms with E-state index in [4.69, 9.17) is 4.74 Å². The van der Waals surface area contributed by atoms with Gasteiger partial charge in [-0.25, -0.2) is 9.78 Å². The molecule has 0 bridgehead atoms. The molecule has 1 aromatic carbocycles. The number of aromatic nitrogens is 2.